The van der Waals surface area contributed by atoms with E-state index in [1.807, 2.05) is 0 Å². The maximum atomic E-state index is 12.3. The van der Waals surface area contributed by atoms with E-state index < -0.39 is 6.04 Å². The van der Waals surface area contributed by atoms with Crippen LogP contribution in [0.4, 0.5) is 0 Å². The first-order valence-corrected chi connectivity index (χ1v) is 7.04. The molecule has 1 amide bonds. The van der Waals surface area contributed by atoms with Crippen LogP contribution in [-0.2, 0) is 16.0 Å². The van der Waals surface area contributed by atoms with E-state index in [4.69, 9.17) is 10.5 Å². The Labute approximate surface area is 119 Å². The van der Waals surface area contributed by atoms with E-state index >= 15 is 0 Å². The Bertz CT molecular complexity index is 447. The summed E-state index contributed by atoms with van der Waals surface area (Å²) in [6.45, 7) is 3.86. The molecule has 5 heteroatoms. The van der Waals surface area contributed by atoms with Crippen molar-refractivity contribution in [2.24, 2.45) is 5.73 Å². The van der Waals surface area contributed by atoms with Crippen LogP contribution in [-0.4, -0.2) is 47.8 Å². The molecule has 20 heavy (non-hydrogen) atoms. The molecule has 1 aliphatic rings. The summed E-state index contributed by atoms with van der Waals surface area (Å²) in [6.07, 6.45) is 1.50. The SMILES string of the molecule is CCC1CN(C(=O)[C@@H](N)Cc2ccc(O)cc2)CCO1. The first kappa shape index (κ1) is 14.8. The van der Waals surface area contributed by atoms with Gasteiger partial charge in [0.05, 0.1) is 18.8 Å². The van der Waals surface area contributed by atoms with Gasteiger partial charge in [-0.15, -0.1) is 0 Å². The Morgan fingerprint density at radius 2 is 2.20 bits per heavy atom. The van der Waals surface area contributed by atoms with E-state index in [0.29, 0.717) is 26.1 Å². The largest absolute Gasteiger partial charge is 0.508 e. The van der Waals surface area contributed by atoms with Gasteiger partial charge < -0.3 is 20.5 Å². The molecule has 1 heterocycles. The summed E-state index contributed by atoms with van der Waals surface area (Å²) in [5.74, 6) is 0.187. The van der Waals surface area contributed by atoms with E-state index in [1.165, 1.54) is 0 Å². The number of ether oxygens (including phenoxy) is 1. The average molecular weight is 278 g/mol. The monoisotopic (exact) mass is 278 g/mol. The van der Waals surface area contributed by atoms with Crippen molar-refractivity contribution >= 4 is 5.91 Å². The zero-order chi connectivity index (χ0) is 14.5. The number of hydrogen-bond acceptors (Lipinski definition) is 4. The summed E-state index contributed by atoms with van der Waals surface area (Å²) in [5.41, 5.74) is 6.96. The van der Waals surface area contributed by atoms with E-state index in [9.17, 15) is 9.90 Å². The number of morpholine rings is 1. The predicted octanol–water partition coefficient (Wildman–Crippen LogP) is 0.899. The Morgan fingerprint density at radius 3 is 2.85 bits per heavy atom. The van der Waals surface area contributed by atoms with E-state index in [0.717, 1.165) is 12.0 Å². The summed E-state index contributed by atoms with van der Waals surface area (Å²) in [6, 6.07) is 6.24. The van der Waals surface area contributed by atoms with Crippen LogP contribution in [0.5, 0.6) is 5.75 Å². The van der Waals surface area contributed by atoms with Crippen molar-refractivity contribution in [3.05, 3.63) is 29.8 Å². The molecule has 0 aliphatic carbocycles. The van der Waals surface area contributed by atoms with Crippen LogP contribution in [0.1, 0.15) is 18.9 Å². The maximum Gasteiger partial charge on any atom is 0.239 e. The standard InChI is InChI=1S/C15H22N2O3/c1-2-13-10-17(7-8-20-13)15(19)14(16)9-11-3-5-12(18)6-4-11/h3-6,13-14,18H,2,7-10,16H2,1H3/t13?,14-/m0/s1. The number of hydrogen-bond donors (Lipinski definition) is 2. The number of carbonyl (C=O) groups is 1. The number of phenols is 1. The normalized spacial score (nSPS) is 20.7. The minimum absolute atomic E-state index is 0.0279. The third-order valence-electron chi connectivity index (χ3n) is 3.61. The number of nitrogens with zero attached hydrogens (tertiary/aromatic N) is 1. The van der Waals surface area contributed by atoms with Gasteiger partial charge in [0.1, 0.15) is 5.75 Å². The molecule has 1 saturated heterocycles. The molecule has 3 N–H and O–H groups in total. The number of carbonyl (C=O) groups excluding carboxylic acids is 1. The van der Waals surface area contributed by atoms with Gasteiger partial charge >= 0.3 is 0 Å². The molecule has 1 aromatic carbocycles. The molecule has 1 unspecified atom stereocenters. The topological polar surface area (TPSA) is 75.8 Å². The van der Waals surface area contributed by atoms with Crippen LogP contribution in [0.25, 0.3) is 0 Å². The highest BCUT2D eigenvalue weighted by atomic mass is 16.5. The van der Waals surface area contributed by atoms with Crippen molar-refractivity contribution in [3.63, 3.8) is 0 Å². The lowest BCUT2D eigenvalue weighted by Crippen LogP contribution is -2.51. The van der Waals surface area contributed by atoms with Crippen LogP contribution in [0.3, 0.4) is 0 Å². The number of aromatic hydroxyl groups is 1. The molecule has 0 bridgehead atoms. The Morgan fingerprint density at radius 1 is 1.50 bits per heavy atom. The molecule has 110 valence electrons. The average Bonchev–Trinajstić information content (AvgIpc) is 2.48. The Kier molecular flexibility index (Phi) is 4.98. The fourth-order valence-electron chi connectivity index (χ4n) is 2.37. The van der Waals surface area contributed by atoms with Crippen LogP contribution in [0, 0.1) is 0 Å². The lowest BCUT2D eigenvalue weighted by atomic mass is 10.0. The smallest absolute Gasteiger partial charge is 0.239 e. The van der Waals surface area contributed by atoms with Gasteiger partial charge in [-0.3, -0.25) is 4.79 Å². The number of amides is 1. The van der Waals surface area contributed by atoms with E-state index in [-0.39, 0.29) is 17.8 Å². The zero-order valence-electron chi connectivity index (χ0n) is 11.8. The van der Waals surface area contributed by atoms with Crippen molar-refractivity contribution in [3.8, 4) is 5.75 Å². The van der Waals surface area contributed by atoms with Crippen molar-refractivity contribution < 1.29 is 14.6 Å². The fourth-order valence-corrected chi connectivity index (χ4v) is 2.37. The van der Waals surface area contributed by atoms with Crippen molar-refractivity contribution in [2.75, 3.05) is 19.7 Å². The van der Waals surface area contributed by atoms with Crippen LogP contribution in [0.2, 0.25) is 0 Å². The van der Waals surface area contributed by atoms with Crippen LogP contribution < -0.4 is 5.73 Å². The third-order valence-corrected chi connectivity index (χ3v) is 3.61. The zero-order valence-corrected chi connectivity index (χ0v) is 11.8. The minimum atomic E-state index is -0.546. The second kappa shape index (κ2) is 6.72. The van der Waals surface area contributed by atoms with Gasteiger partial charge in [0.2, 0.25) is 5.91 Å². The first-order valence-electron chi connectivity index (χ1n) is 7.04. The predicted molar refractivity (Wildman–Crippen MR) is 76.4 cm³/mol. The molecular weight excluding hydrogens is 256 g/mol. The molecule has 1 aromatic rings. The molecule has 5 nitrogen and oxygen atoms in total. The molecule has 2 rings (SSSR count). The number of rotatable bonds is 4. The van der Waals surface area contributed by atoms with Crippen LogP contribution >= 0.6 is 0 Å². The van der Waals surface area contributed by atoms with Crippen molar-refractivity contribution in [1.29, 1.82) is 0 Å². The molecule has 2 atom stereocenters. The maximum absolute atomic E-state index is 12.3. The molecular formula is C15H22N2O3. The molecule has 0 radical (unpaired) electrons. The molecule has 0 aromatic heterocycles. The molecule has 1 fully saturated rings. The fraction of sp³-hybridized carbons (Fsp3) is 0.533. The minimum Gasteiger partial charge on any atom is -0.508 e. The number of benzene rings is 1. The van der Waals surface area contributed by atoms with E-state index in [1.54, 1.807) is 29.2 Å². The first-order chi connectivity index (χ1) is 9.60. The van der Waals surface area contributed by atoms with Gasteiger partial charge in [-0.2, -0.15) is 0 Å². The van der Waals surface area contributed by atoms with Crippen LogP contribution in [0.15, 0.2) is 24.3 Å². The number of phenolic OH excluding ortho intramolecular Hbond substituents is 1. The second-order valence-corrected chi connectivity index (χ2v) is 5.16. The second-order valence-electron chi connectivity index (χ2n) is 5.16. The Balaban J connectivity index is 1.92. The summed E-state index contributed by atoms with van der Waals surface area (Å²) < 4.78 is 5.56. The highest BCUT2D eigenvalue weighted by molar-refractivity contribution is 5.82. The lowest BCUT2D eigenvalue weighted by Gasteiger charge is -2.34. The lowest BCUT2D eigenvalue weighted by molar-refractivity contribution is -0.140. The van der Waals surface area contributed by atoms with Crippen molar-refractivity contribution in [1.82, 2.24) is 4.90 Å². The van der Waals surface area contributed by atoms with Gasteiger partial charge in [-0.05, 0) is 30.5 Å². The number of nitrogens with two attached hydrogens (primary N) is 1. The summed E-state index contributed by atoms with van der Waals surface area (Å²) in [7, 11) is 0. The summed E-state index contributed by atoms with van der Waals surface area (Å²) >= 11 is 0. The quantitative estimate of drug-likeness (QED) is 0.858. The molecule has 1 aliphatic heterocycles. The van der Waals surface area contributed by atoms with Gasteiger partial charge in [0.15, 0.2) is 0 Å². The van der Waals surface area contributed by atoms with E-state index in [2.05, 4.69) is 6.92 Å². The Hall–Kier alpha value is -1.59. The van der Waals surface area contributed by atoms with Crippen molar-refractivity contribution in [2.45, 2.75) is 31.9 Å². The summed E-state index contributed by atoms with van der Waals surface area (Å²) in [5, 5.41) is 9.24. The third kappa shape index (κ3) is 3.71. The molecule has 0 spiro atoms. The van der Waals surface area contributed by atoms with Gasteiger partial charge in [0.25, 0.3) is 0 Å². The van der Waals surface area contributed by atoms with Gasteiger partial charge in [-0.1, -0.05) is 19.1 Å². The van der Waals surface area contributed by atoms with Gasteiger partial charge in [-0.25, -0.2) is 0 Å². The highest BCUT2D eigenvalue weighted by Gasteiger charge is 2.26. The summed E-state index contributed by atoms with van der Waals surface area (Å²) in [4.78, 5) is 14.1. The molecule has 0 saturated carbocycles. The highest BCUT2D eigenvalue weighted by Crippen LogP contribution is 2.13. The van der Waals surface area contributed by atoms with Gasteiger partial charge in [0, 0.05) is 13.1 Å².